The summed E-state index contributed by atoms with van der Waals surface area (Å²) in [7, 11) is 0. The largest absolute Gasteiger partial charge is 0.462 e. The molecule has 0 aromatic heterocycles. The predicted molar refractivity (Wildman–Crippen MR) is 113 cm³/mol. The average Bonchev–Trinajstić information content (AvgIpc) is 2.69. The quantitative estimate of drug-likeness (QED) is 0.158. The Labute approximate surface area is 177 Å². The maximum absolute atomic E-state index is 11.9. The van der Waals surface area contributed by atoms with Gasteiger partial charge in [0.2, 0.25) is 0 Å². The Balaban J connectivity index is 4.00. The van der Waals surface area contributed by atoms with Crippen LogP contribution < -0.4 is 0 Å². The zero-order valence-corrected chi connectivity index (χ0v) is 18.8. The molecule has 0 aliphatic heterocycles. The first-order valence-electron chi connectivity index (χ1n) is 11.5. The highest BCUT2D eigenvalue weighted by molar-refractivity contribution is 5.71. The molecule has 0 aliphatic rings. The minimum Gasteiger partial charge on any atom is -0.462 e. The van der Waals surface area contributed by atoms with Crippen LogP contribution in [-0.4, -0.2) is 37.2 Å². The van der Waals surface area contributed by atoms with Crippen molar-refractivity contribution in [2.45, 2.75) is 117 Å². The third-order valence-corrected chi connectivity index (χ3v) is 4.55. The van der Waals surface area contributed by atoms with Crippen molar-refractivity contribution in [1.29, 1.82) is 0 Å². The van der Waals surface area contributed by atoms with Crippen LogP contribution >= 0.6 is 0 Å². The molecule has 0 spiro atoms. The average molecular weight is 415 g/mol. The molecule has 1 unspecified atom stereocenters. The number of hydrogen-bond donors (Lipinski definition) is 0. The maximum Gasteiger partial charge on any atom is 0.306 e. The molecule has 0 saturated carbocycles. The number of esters is 3. The Bertz CT molecular complexity index is 435. The summed E-state index contributed by atoms with van der Waals surface area (Å²) in [6.45, 7) is 5.82. The minimum atomic E-state index is -0.748. The second-order valence-electron chi connectivity index (χ2n) is 7.56. The van der Waals surface area contributed by atoms with Crippen molar-refractivity contribution in [3.05, 3.63) is 0 Å². The molecule has 1 atom stereocenters. The Morgan fingerprint density at radius 2 is 1.00 bits per heavy atom. The molecule has 0 rings (SSSR count). The first-order valence-corrected chi connectivity index (χ1v) is 11.5. The summed E-state index contributed by atoms with van der Waals surface area (Å²) in [5.41, 5.74) is 0. The van der Waals surface area contributed by atoms with Crippen molar-refractivity contribution in [1.82, 2.24) is 0 Å². The van der Waals surface area contributed by atoms with E-state index < -0.39 is 6.10 Å². The molecule has 0 aliphatic carbocycles. The van der Waals surface area contributed by atoms with Gasteiger partial charge in [0.1, 0.15) is 13.2 Å². The van der Waals surface area contributed by atoms with E-state index in [4.69, 9.17) is 14.2 Å². The van der Waals surface area contributed by atoms with E-state index in [1.165, 1.54) is 38.5 Å². The van der Waals surface area contributed by atoms with Crippen molar-refractivity contribution in [2.75, 3.05) is 13.2 Å². The van der Waals surface area contributed by atoms with Crippen molar-refractivity contribution >= 4 is 17.9 Å². The lowest BCUT2D eigenvalue weighted by molar-refractivity contribution is -0.166. The van der Waals surface area contributed by atoms with Gasteiger partial charge in [0, 0.05) is 19.3 Å². The van der Waals surface area contributed by atoms with Crippen molar-refractivity contribution < 1.29 is 28.6 Å². The molecule has 6 nitrogen and oxygen atoms in total. The van der Waals surface area contributed by atoms with Gasteiger partial charge in [0.05, 0.1) is 0 Å². The smallest absolute Gasteiger partial charge is 0.306 e. The number of carbonyl (C=O) groups is 3. The second-order valence-corrected chi connectivity index (χ2v) is 7.56. The van der Waals surface area contributed by atoms with E-state index in [2.05, 4.69) is 6.92 Å². The second kappa shape index (κ2) is 19.7. The van der Waals surface area contributed by atoms with E-state index in [0.29, 0.717) is 25.7 Å². The van der Waals surface area contributed by atoms with Crippen molar-refractivity contribution in [2.24, 2.45) is 0 Å². The number of unbranched alkanes of at least 4 members (excludes halogenated alkanes) is 8. The van der Waals surface area contributed by atoms with E-state index in [9.17, 15) is 14.4 Å². The van der Waals surface area contributed by atoms with Gasteiger partial charge in [0.15, 0.2) is 6.10 Å². The monoisotopic (exact) mass is 414 g/mol. The Morgan fingerprint density at radius 3 is 1.52 bits per heavy atom. The fourth-order valence-electron chi connectivity index (χ4n) is 2.87. The van der Waals surface area contributed by atoms with Crippen LogP contribution in [0.3, 0.4) is 0 Å². The van der Waals surface area contributed by atoms with Gasteiger partial charge in [-0.3, -0.25) is 14.4 Å². The lowest BCUT2D eigenvalue weighted by Crippen LogP contribution is -2.30. The van der Waals surface area contributed by atoms with E-state index in [1.54, 1.807) is 0 Å². The van der Waals surface area contributed by atoms with Crippen LogP contribution in [0.4, 0.5) is 0 Å². The fourth-order valence-corrected chi connectivity index (χ4v) is 2.87. The van der Waals surface area contributed by atoms with Gasteiger partial charge >= 0.3 is 17.9 Å². The number of hydrogen-bond acceptors (Lipinski definition) is 6. The predicted octanol–water partition coefficient (Wildman–Crippen LogP) is 5.51. The molecular formula is C23H42O6. The fraction of sp³-hybridized carbons (Fsp3) is 0.870. The Hall–Kier alpha value is -1.59. The molecule has 0 amide bonds. The van der Waals surface area contributed by atoms with Gasteiger partial charge in [-0.05, 0) is 19.3 Å². The molecular weight excluding hydrogens is 372 g/mol. The van der Waals surface area contributed by atoms with E-state index >= 15 is 0 Å². The molecule has 0 heterocycles. The van der Waals surface area contributed by atoms with Crippen LogP contribution in [0.15, 0.2) is 0 Å². The van der Waals surface area contributed by atoms with E-state index in [-0.39, 0.29) is 37.5 Å². The first-order chi connectivity index (χ1) is 14.0. The van der Waals surface area contributed by atoms with Crippen LogP contribution in [0.1, 0.15) is 111 Å². The SMILES string of the molecule is CCCCCCCCCCCC(=O)OCC(COC(=O)CCC)OC(=O)CCC. The number of carbonyl (C=O) groups excluding carboxylic acids is 3. The summed E-state index contributed by atoms with van der Waals surface area (Å²) in [6.07, 6.45) is 12.2. The molecule has 6 heteroatoms. The molecule has 0 N–H and O–H groups in total. The summed E-state index contributed by atoms with van der Waals surface area (Å²) < 4.78 is 15.6. The van der Waals surface area contributed by atoms with E-state index in [1.807, 2.05) is 13.8 Å². The molecule has 0 radical (unpaired) electrons. The molecule has 170 valence electrons. The lowest BCUT2D eigenvalue weighted by atomic mass is 10.1. The molecule has 29 heavy (non-hydrogen) atoms. The van der Waals surface area contributed by atoms with Gasteiger partial charge < -0.3 is 14.2 Å². The highest BCUT2D eigenvalue weighted by Crippen LogP contribution is 2.11. The van der Waals surface area contributed by atoms with Crippen LogP contribution in [-0.2, 0) is 28.6 Å². The summed E-state index contributed by atoms with van der Waals surface area (Å²) in [6, 6.07) is 0. The van der Waals surface area contributed by atoms with Crippen molar-refractivity contribution in [3.8, 4) is 0 Å². The Kier molecular flexibility index (Phi) is 18.6. The standard InChI is InChI=1S/C23H42O6/c1-4-7-8-9-10-11-12-13-14-17-22(25)28-19-20(29-23(26)16-6-3)18-27-21(24)15-5-2/h20H,4-19H2,1-3H3. The van der Waals surface area contributed by atoms with Crippen molar-refractivity contribution in [3.63, 3.8) is 0 Å². The normalized spacial score (nSPS) is 11.7. The summed E-state index contributed by atoms with van der Waals surface area (Å²) >= 11 is 0. The topological polar surface area (TPSA) is 78.9 Å². The third-order valence-electron chi connectivity index (χ3n) is 4.55. The van der Waals surface area contributed by atoms with Crippen LogP contribution in [0, 0.1) is 0 Å². The summed E-state index contributed by atoms with van der Waals surface area (Å²) in [4.78, 5) is 35.2. The number of ether oxygens (including phenoxy) is 3. The molecule has 0 bridgehead atoms. The van der Waals surface area contributed by atoms with E-state index in [0.717, 1.165) is 19.3 Å². The van der Waals surface area contributed by atoms with Gasteiger partial charge in [-0.1, -0.05) is 72.1 Å². The first kappa shape index (κ1) is 27.4. The number of rotatable bonds is 19. The molecule has 0 aromatic rings. The highest BCUT2D eigenvalue weighted by atomic mass is 16.6. The van der Waals surface area contributed by atoms with Crippen LogP contribution in [0.2, 0.25) is 0 Å². The van der Waals surface area contributed by atoms with Gasteiger partial charge in [0.25, 0.3) is 0 Å². The van der Waals surface area contributed by atoms with Gasteiger partial charge in [-0.25, -0.2) is 0 Å². The molecule has 0 aromatic carbocycles. The molecule has 0 fully saturated rings. The molecule has 0 saturated heterocycles. The Morgan fingerprint density at radius 1 is 0.552 bits per heavy atom. The van der Waals surface area contributed by atoms with Crippen LogP contribution in [0.5, 0.6) is 0 Å². The van der Waals surface area contributed by atoms with Gasteiger partial charge in [-0.2, -0.15) is 0 Å². The maximum atomic E-state index is 11.9. The zero-order chi connectivity index (χ0) is 21.7. The lowest BCUT2D eigenvalue weighted by Gasteiger charge is -2.18. The zero-order valence-electron chi connectivity index (χ0n) is 18.8. The summed E-state index contributed by atoms with van der Waals surface area (Å²) in [5, 5.41) is 0. The summed E-state index contributed by atoms with van der Waals surface area (Å²) in [5.74, 6) is -1.02. The third kappa shape index (κ3) is 18.2. The highest BCUT2D eigenvalue weighted by Gasteiger charge is 2.19. The minimum absolute atomic E-state index is 0.0783. The van der Waals surface area contributed by atoms with Gasteiger partial charge in [-0.15, -0.1) is 0 Å². The van der Waals surface area contributed by atoms with Crippen LogP contribution in [0.25, 0.3) is 0 Å².